The second kappa shape index (κ2) is 5.14. The fraction of sp³-hybridized carbons (Fsp3) is 0.500. The molecule has 0 bridgehead atoms. The molecule has 5 nitrogen and oxygen atoms in total. The van der Waals surface area contributed by atoms with E-state index in [1.165, 1.54) is 0 Å². The van der Waals surface area contributed by atoms with Crippen LogP contribution in [0.15, 0.2) is 16.7 Å². The normalized spacial score (nSPS) is 24.0. The Morgan fingerprint density at radius 1 is 1.50 bits per heavy atom. The van der Waals surface area contributed by atoms with Gasteiger partial charge in [0.2, 0.25) is 5.91 Å². The van der Waals surface area contributed by atoms with Gasteiger partial charge in [-0.1, -0.05) is 0 Å². The van der Waals surface area contributed by atoms with Gasteiger partial charge in [-0.15, -0.1) is 0 Å². The Balaban J connectivity index is 2.15. The third kappa shape index (κ3) is 2.58. The maximum absolute atomic E-state index is 12.3. The number of nitrogens with two attached hydrogens (primary N) is 1. The molecule has 2 atom stereocenters. The highest BCUT2D eigenvalue weighted by Crippen LogP contribution is 2.24. The zero-order chi connectivity index (χ0) is 13.3. The van der Waals surface area contributed by atoms with Crippen molar-refractivity contribution in [2.75, 3.05) is 6.54 Å². The largest absolute Gasteiger partial charge is 0.369 e. The molecule has 0 spiro atoms. The quantitative estimate of drug-likeness (QED) is 0.867. The Morgan fingerprint density at radius 3 is 2.78 bits per heavy atom. The third-order valence-corrected chi connectivity index (χ3v) is 3.88. The lowest BCUT2D eigenvalue weighted by Gasteiger charge is -2.36. The number of hydrogen-bond acceptors (Lipinski definition) is 2. The standard InChI is InChI=1S/C12H16BrN3O2/c1-7-2-3-8(11(14)17)6-16(7)12(18)10-4-9(13)5-15-10/h4-5,7-8,15H,2-3,6H2,1H3,(H2,14,17)/t7-,8-/m1/s1. The van der Waals surface area contributed by atoms with E-state index >= 15 is 0 Å². The Kier molecular flexibility index (Phi) is 3.75. The van der Waals surface area contributed by atoms with Crippen LogP contribution >= 0.6 is 15.9 Å². The Labute approximate surface area is 114 Å². The van der Waals surface area contributed by atoms with Gasteiger partial charge in [0.15, 0.2) is 0 Å². The fourth-order valence-corrected chi connectivity index (χ4v) is 2.61. The van der Waals surface area contributed by atoms with Crippen molar-refractivity contribution in [3.05, 3.63) is 22.4 Å². The Morgan fingerprint density at radius 2 is 2.22 bits per heavy atom. The van der Waals surface area contributed by atoms with E-state index in [0.29, 0.717) is 12.2 Å². The molecule has 1 fully saturated rings. The molecule has 1 aliphatic heterocycles. The summed E-state index contributed by atoms with van der Waals surface area (Å²) in [5, 5.41) is 0. The lowest BCUT2D eigenvalue weighted by atomic mass is 9.92. The highest BCUT2D eigenvalue weighted by molar-refractivity contribution is 9.10. The zero-order valence-corrected chi connectivity index (χ0v) is 11.7. The molecule has 18 heavy (non-hydrogen) atoms. The first-order valence-corrected chi connectivity index (χ1v) is 6.72. The summed E-state index contributed by atoms with van der Waals surface area (Å²) in [4.78, 5) is 28.2. The van der Waals surface area contributed by atoms with Crippen LogP contribution in [0.25, 0.3) is 0 Å². The summed E-state index contributed by atoms with van der Waals surface area (Å²) in [6, 6.07) is 1.87. The first-order valence-electron chi connectivity index (χ1n) is 5.93. The summed E-state index contributed by atoms with van der Waals surface area (Å²) in [5.74, 6) is -0.643. The molecule has 1 aromatic heterocycles. The monoisotopic (exact) mass is 313 g/mol. The van der Waals surface area contributed by atoms with Crippen LogP contribution in [-0.2, 0) is 4.79 Å². The van der Waals surface area contributed by atoms with Gasteiger partial charge >= 0.3 is 0 Å². The van der Waals surface area contributed by atoms with Crippen molar-refractivity contribution in [3.8, 4) is 0 Å². The molecule has 0 aliphatic carbocycles. The van der Waals surface area contributed by atoms with Crippen LogP contribution in [0.1, 0.15) is 30.3 Å². The molecule has 1 aromatic rings. The number of aromatic nitrogens is 1. The molecule has 1 saturated heterocycles. The minimum absolute atomic E-state index is 0.0841. The average molecular weight is 314 g/mol. The lowest BCUT2D eigenvalue weighted by Crippen LogP contribution is -2.48. The lowest BCUT2D eigenvalue weighted by molar-refractivity contribution is -0.123. The predicted molar refractivity (Wildman–Crippen MR) is 70.9 cm³/mol. The summed E-state index contributed by atoms with van der Waals surface area (Å²) in [6.45, 7) is 2.40. The summed E-state index contributed by atoms with van der Waals surface area (Å²) < 4.78 is 0.835. The molecule has 6 heteroatoms. The second-order valence-corrected chi connectivity index (χ2v) is 5.63. The number of nitrogens with zero attached hydrogens (tertiary/aromatic N) is 1. The SMILES string of the molecule is C[C@@H]1CC[C@@H](C(N)=O)CN1C(=O)c1cc(Br)c[nH]1. The molecule has 0 saturated carbocycles. The average Bonchev–Trinajstić information content (AvgIpc) is 2.75. The van der Waals surface area contributed by atoms with Crippen LogP contribution in [0.3, 0.4) is 0 Å². The van der Waals surface area contributed by atoms with Crippen molar-refractivity contribution in [1.29, 1.82) is 0 Å². The van der Waals surface area contributed by atoms with Crippen molar-refractivity contribution in [2.24, 2.45) is 11.7 Å². The number of carbonyl (C=O) groups excluding carboxylic acids is 2. The first-order chi connectivity index (χ1) is 8.49. The molecule has 0 radical (unpaired) electrons. The van der Waals surface area contributed by atoms with Crippen LogP contribution in [0, 0.1) is 5.92 Å². The highest BCUT2D eigenvalue weighted by atomic mass is 79.9. The molecule has 3 N–H and O–H groups in total. The van der Waals surface area contributed by atoms with E-state index in [1.54, 1.807) is 17.2 Å². The number of hydrogen-bond donors (Lipinski definition) is 2. The smallest absolute Gasteiger partial charge is 0.270 e. The Hall–Kier alpha value is -1.30. The van der Waals surface area contributed by atoms with E-state index in [1.807, 2.05) is 6.92 Å². The van der Waals surface area contributed by atoms with Crippen LogP contribution in [0.5, 0.6) is 0 Å². The zero-order valence-electron chi connectivity index (χ0n) is 10.1. The summed E-state index contributed by atoms with van der Waals surface area (Å²) in [5.41, 5.74) is 5.85. The van der Waals surface area contributed by atoms with Crippen LogP contribution in [0.4, 0.5) is 0 Å². The van der Waals surface area contributed by atoms with Gasteiger partial charge in [0.1, 0.15) is 5.69 Å². The fourth-order valence-electron chi connectivity index (χ4n) is 2.27. The van der Waals surface area contributed by atoms with Crippen molar-refractivity contribution in [3.63, 3.8) is 0 Å². The number of likely N-dealkylation sites (tertiary alicyclic amines) is 1. The molecule has 2 rings (SSSR count). The minimum Gasteiger partial charge on any atom is -0.369 e. The van der Waals surface area contributed by atoms with Gasteiger partial charge in [0, 0.05) is 23.3 Å². The second-order valence-electron chi connectivity index (χ2n) is 4.71. The van der Waals surface area contributed by atoms with Gasteiger partial charge in [0.25, 0.3) is 5.91 Å². The molecule has 98 valence electrons. The molecular weight excluding hydrogens is 298 g/mol. The van der Waals surface area contributed by atoms with Crippen molar-refractivity contribution in [1.82, 2.24) is 9.88 Å². The van der Waals surface area contributed by atoms with E-state index in [9.17, 15) is 9.59 Å². The summed E-state index contributed by atoms with van der Waals surface area (Å²) >= 11 is 3.30. The van der Waals surface area contributed by atoms with Crippen LogP contribution in [-0.4, -0.2) is 34.3 Å². The minimum atomic E-state index is -0.327. The van der Waals surface area contributed by atoms with E-state index in [0.717, 1.165) is 17.3 Å². The summed E-state index contributed by atoms with van der Waals surface area (Å²) in [6.07, 6.45) is 3.28. The van der Waals surface area contributed by atoms with Gasteiger partial charge in [0.05, 0.1) is 5.92 Å². The summed E-state index contributed by atoms with van der Waals surface area (Å²) in [7, 11) is 0. The number of halogens is 1. The van der Waals surface area contributed by atoms with Crippen molar-refractivity contribution >= 4 is 27.7 Å². The van der Waals surface area contributed by atoms with Crippen molar-refractivity contribution in [2.45, 2.75) is 25.8 Å². The number of amides is 2. The van der Waals surface area contributed by atoms with Gasteiger partial charge in [-0.3, -0.25) is 9.59 Å². The molecule has 0 unspecified atom stereocenters. The van der Waals surface area contributed by atoms with E-state index in [4.69, 9.17) is 5.73 Å². The molecule has 2 amide bonds. The number of piperidine rings is 1. The molecule has 1 aliphatic rings. The number of aromatic amines is 1. The van der Waals surface area contributed by atoms with E-state index in [2.05, 4.69) is 20.9 Å². The topological polar surface area (TPSA) is 79.2 Å². The number of rotatable bonds is 2. The van der Waals surface area contributed by atoms with E-state index < -0.39 is 0 Å². The number of primary amides is 1. The van der Waals surface area contributed by atoms with Crippen LogP contribution < -0.4 is 5.73 Å². The van der Waals surface area contributed by atoms with Crippen molar-refractivity contribution < 1.29 is 9.59 Å². The van der Waals surface area contributed by atoms with E-state index in [-0.39, 0.29) is 23.8 Å². The molecule has 0 aromatic carbocycles. The van der Waals surface area contributed by atoms with Gasteiger partial charge in [-0.05, 0) is 41.8 Å². The van der Waals surface area contributed by atoms with Crippen LogP contribution in [0.2, 0.25) is 0 Å². The predicted octanol–water partition coefficient (Wildman–Crippen LogP) is 1.50. The number of nitrogens with one attached hydrogen (secondary N) is 1. The highest BCUT2D eigenvalue weighted by Gasteiger charge is 2.32. The third-order valence-electron chi connectivity index (χ3n) is 3.42. The van der Waals surface area contributed by atoms with Gasteiger partial charge in [-0.2, -0.15) is 0 Å². The Bertz CT molecular complexity index is 472. The maximum atomic E-state index is 12.3. The molecular formula is C12H16BrN3O2. The number of H-pyrrole nitrogens is 1. The number of carbonyl (C=O) groups is 2. The maximum Gasteiger partial charge on any atom is 0.270 e. The first kappa shape index (κ1) is 13.1. The van der Waals surface area contributed by atoms with Gasteiger partial charge in [-0.25, -0.2) is 0 Å². The van der Waals surface area contributed by atoms with Gasteiger partial charge < -0.3 is 15.6 Å². The molecule has 2 heterocycles.